The van der Waals surface area contributed by atoms with Crippen LogP contribution in [0.25, 0.3) is 0 Å². The van der Waals surface area contributed by atoms with Gasteiger partial charge in [-0.1, -0.05) is 19.8 Å². The Kier molecular flexibility index (Phi) is 3.95. The largest absolute Gasteiger partial charge is 0.212 e. The maximum atomic E-state index is 11.5. The molecule has 1 atom stereocenters. The monoisotopic (exact) mass is 219 g/mol. The molecule has 0 aliphatic heterocycles. The van der Waals surface area contributed by atoms with E-state index >= 15 is 0 Å². The lowest BCUT2D eigenvalue weighted by Gasteiger charge is -2.26. The molecule has 0 amide bonds. The maximum absolute atomic E-state index is 11.5. The van der Waals surface area contributed by atoms with Crippen molar-refractivity contribution in [3.8, 4) is 0 Å². The first-order valence-electron chi connectivity index (χ1n) is 5.45. The van der Waals surface area contributed by atoms with Crippen LogP contribution in [0.15, 0.2) is 0 Å². The number of nitrogens with zero attached hydrogens (tertiary/aromatic N) is 1. The fraction of sp³-hybridized carbons (Fsp3) is 1.00. The maximum Gasteiger partial charge on any atom is 0.211 e. The highest BCUT2D eigenvalue weighted by atomic mass is 32.2. The van der Waals surface area contributed by atoms with Gasteiger partial charge in [0.25, 0.3) is 0 Å². The molecule has 0 unspecified atom stereocenters. The van der Waals surface area contributed by atoms with Crippen LogP contribution >= 0.6 is 0 Å². The van der Waals surface area contributed by atoms with E-state index in [4.69, 9.17) is 0 Å². The van der Waals surface area contributed by atoms with Crippen LogP contribution in [0.2, 0.25) is 0 Å². The van der Waals surface area contributed by atoms with Gasteiger partial charge in [-0.15, -0.1) is 0 Å². The van der Waals surface area contributed by atoms with Gasteiger partial charge in [0.15, 0.2) is 0 Å². The normalized spacial score (nSPS) is 20.0. The predicted molar refractivity (Wildman–Crippen MR) is 58.7 cm³/mol. The average molecular weight is 219 g/mol. The Morgan fingerprint density at radius 3 is 2.36 bits per heavy atom. The lowest BCUT2D eigenvalue weighted by atomic mass is 10.1. The molecule has 0 heterocycles. The van der Waals surface area contributed by atoms with Gasteiger partial charge < -0.3 is 0 Å². The third-order valence-corrected chi connectivity index (χ3v) is 4.12. The number of sulfonamides is 1. The van der Waals surface area contributed by atoms with Crippen LogP contribution in [-0.2, 0) is 10.0 Å². The molecule has 1 saturated carbocycles. The summed E-state index contributed by atoms with van der Waals surface area (Å²) >= 11 is 0. The molecule has 3 nitrogen and oxygen atoms in total. The number of hydrogen-bond acceptors (Lipinski definition) is 2. The van der Waals surface area contributed by atoms with E-state index in [1.165, 1.54) is 6.26 Å². The SMILES string of the molecule is CCCC[C@H](C)N(C1CC1)S(C)(=O)=O. The van der Waals surface area contributed by atoms with Gasteiger partial charge in [0, 0.05) is 12.1 Å². The number of hydrogen-bond donors (Lipinski definition) is 0. The van der Waals surface area contributed by atoms with E-state index in [0.29, 0.717) is 6.04 Å². The molecular formula is C10H21NO2S. The molecule has 1 fully saturated rings. The minimum Gasteiger partial charge on any atom is -0.212 e. The highest BCUT2D eigenvalue weighted by molar-refractivity contribution is 7.88. The van der Waals surface area contributed by atoms with Gasteiger partial charge >= 0.3 is 0 Å². The molecule has 0 aromatic carbocycles. The van der Waals surface area contributed by atoms with Crippen molar-refractivity contribution in [2.75, 3.05) is 6.26 Å². The average Bonchev–Trinajstić information content (AvgIpc) is 2.82. The lowest BCUT2D eigenvalue weighted by Crippen LogP contribution is -2.39. The third kappa shape index (κ3) is 3.24. The Morgan fingerprint density at radius 1 is 1.43 bits per heavy atom. The summed E-state index contributed by atoms with van der Waals surface area (Å²) in [5, 5.41) is 0. The van der Waals surface area contributed by atoms with Gasteiger partial charge in [0.1, 0.15) is 0 Å². The van der Waals surface area contributed by atoms with E-state index in [9.17, 15) is 8.42 Å². The van der Waals surface area contributed by atoms with Crippen LogP contribution in [0.1, 0.15) is 46.0 Å². The molecule has 4 heteroatoms. The van der Waals surface area contributed by atoms with E-state index in [1.807, 2.05) is 6.92 Å². The second kappa shape index (κ2) is 4.62. The van der Waals surface area contributed by atoms with Crippen LogP contribution in [0.4, 0.5) is 0 Å². The molecule has 0 N–H and O–H groups in total. The smallest absolute Gasteiger partial charge is 0.211 e. The van der Waals surface area contributed by atoms with E-state index in [0.717, 1.165) is 32.1 Å². The van der Waals surface area contributed by atoms with Gasteiger partial charge in [-0.3, -0.25) is 0 Å². The number of rotatable bonds is 6. The van der Waals surface area contributed by atoms with Gasteiger partial charge in [-0.25, -0.2) is 8.42 Å². The Labute approximate surface area is 87.5 Å². The molecule has 0 aromatic rings. The fourth-order valence-electron chi connectivity index (χ4n) is 1.91. The zero-order valence-corrected chi connectivity index (χ0v) is 10.2. The first kappa shape index (κ1) is 12.0. The first-order chi connectivity index (χ1) is 6.46. The molecule has 0 aromatic heterocycles. The molecule has 1 rings (SSSR count). The minimum absolute atomic E-state index is 0.178. The summed E-state index contributed by atoms with van der Waals surface area (Å²) in [5.74, 6) is 0. The Bertz CT molecular complexity index is 270. The number of unbranched alkanes of at least 4 members (excludes halogenated alkanes) is 1. The second-order valence-corrected chi connectivity index (χ2v) is 6.20. The Hall–Kier alpha value is -0.0900. The Morgan fingerprint density at radius 2 is 2.00 bits per heavy atom. The molecule has 14 heavy (non-hydrogen) atoms. The summed E-state index contributed by atoms with van der Waals surface area (Å²) in [6.07, 6.45) is 6.65. The molecule has 84 valence electrons. The summed E-state index contributed by atoms with van der Waals surface area (Å²) in [7, 11) is -3.00. The highest BCUT2D eigenvalue weighted by Crippen LogP contribution is 2.31. The van der Waals surface area contributed by atoms with Crippen LogP contribution in [0.3, 0.4) is 0 Å². The summed E-state index contributed by atoms with van der Waals surface area (Å²) in [5.41, 5.74) is 0. The molecule has 0 spiro atoms. The molecule has 1 aliphatic rings. The lowest BCUT2D eigenvalue weighted by molar-refractivity contribution is 0.311. The fourth-order valence-corrected chi connectivity index (χ4v) is 3.42. The molecular weight excluding hydrogens is 198 g/mol. The van der Waals surface area contributed by atoms with Crippen LogP contribution in [0.5, 0.6) is 0 Å². The molecule has 0 saturated heterocycles. The summed E-state index contributed by atoms with van der Waals surface area (Å²) in [4.78, 5) is 0. The van der Waals surface area contributed by atoms with Crippen molar-refractivity contribution in [2.45, 2.75) is 58.0 Å². The summed E-state index contributed by atoms with van der Waals surface area (Å²) in [6, 6.07) is 0.481. The Balaban J connectivity index is 2.58. The van der Waals surface area contributed by atoms with Crippen molar-refractivity contribution in [3.63, 3.8) is 0 Å². The molecule has 0 radical (unpaired) electrons. The van der Waals surface area contributed by atoms with Crippen molar-refractivity contribution in [2.24, 2.45) is 0 Å². The summed E-state index contributed by atoms with van der Waals surface area (Å²) in [6.45, 7) is 4.16. The summed E-state index contributed by atoms with van der Waals surface area (Å²) < 4.78 is 24.8. The van der Waals surface area contributed by atoms with Crippen molar-refractivity contribution in [1.29, 1.82) is 0 Å². The van der Waals surface area contributed by atoms with Crippen LogP contribution in [0, 0.1) is 0 Å². The van der Waals surface area contributed by atoms with Crippen LogP contribution < -0.4 is 0 Å². The highest BCUT2D eigenvalue weighted by Gasteiger charge is 2.37. The standard InChI is InChI=1S/C10H21NO2S/c1-4-5-6-9(2)11(10-7-8-10)14(3,12)13/h9-10H,4-8H2,1-3H3/t9-/m0/s1. The zero-order valence-electron chi connectivity index (χ0n) is 9.36. The van der Waals surface area contributed by atoms with Gasteiger partial charge in [-0.2, -0.15) is 4.31 Å². The quantitative estimate of drug-likeness (QED) is 0.685. The molecule has 0 bridgehead atoms. The van der Waals surface area contributed by atoms with Crippen molar-refractivity contribution in [3.05, 3.63) is 0 Å². The van der Waals surface area contributed by atoms with Gasteiger partial charge in [0.2, 0.25) is 10.0 Å². The zero-order chi connectivity index (χ0) is 10.8. The van der Waals surface area contributed by atoms with E-state index < -0.39 is 10.0 Å². The van der Waals surface area contributed by atoms with E-state index in [1.54, 1.807) is 4.31 Å². The van der Waals surface area contributed by atoms with Crippen molar-refractivity contribution in [1.82, 2.24) is 4.31 Å². The first-order valence-corrected chi connectivity index (χ1v) is 7.30. The topological polar surface area (TPSA) is 37.4 Å². The van der Waals surface area contributed by atoms with Crippen molar-refractivity contribution >= 4 is 10.0 Å². The van der Waals surface area contributed by atoms with Gasteiger partial charge in [-0.05, 0) is 26.2 Å². The van der Waals surface area contributed by atoms with E-state index in [-0.39, 0.29) is 6.04 Å². The van der Waals surface area contributed by atoms with Crippen LogP contribution in [-0.4, -0.2) is 31.1 Å². The minimum atomic E-state index is -3.00. The van der Waals surface area contributed by atoms with Crippen molar-refractivity contribution < 1.29 is 8.42 Å². The van der Waals surface area contributed by atoms with Gasteiger partial charge in [0.05, 0.1) is 6.26 Å². The molecule has 1 aliphatic carbocycles. The second-order valence-electron chi connectivity index (χ2n) is 4.32. The third-order valence-electron chi connectivity index (χ3n) is 2.70. The van der Waals surface area contributed by atoms with E-state index in [2.05, 4.69) is 6.92 Å². The predicted octanol–water partition coefficient (Wildman–Crippen LogP) is 1.99.